The molecular formula is C15H31N3O+2. The van der Waals surface area contributed by atoms with E-state index in [0.29, 0.717) is 12.6 Å². The van der Waals surface area contributed by atoms with Crippen molar-refractivity contribution in [3.05, 3.63) is 0 Å². The Kier molecular flexibility index (Phi) is 6.11. The number of amides is 1. The monoisotopic (exact) mass is 269 g/mol. The van der Waals surface area contributed by atoms with Gasteiger partial charge in [0.05, 0.1) is 6.54 Å². The molecule has 110 valence electrons. The maximum Gasteiger partial charge on any atom is 0.275 e. The zero-order valence-corrected chi connectivity index (χ0v) is 12.5. The van der Waals surface area contributed by atoms with Gasteiger partial charge in [-0.3, -0.25) is 4.79 Å². The highest BCUT2D eigenvalue weighted by atomic mass is 16.2. The standard InChI is InChI=1S/C15H29N3O/c1-2-17-9-11-18(12-10-17)13-15(19)16-14-7-5-3-4-6-8-14/h14H,2-13H2,1H3,(H,16,19)/p+2. The zero-order chi connectivity index (χ0) is 13.5. The minimum absolute atomic E-state index is 0.279. The highest BCUT2D eigenvalue weighted by Gasteiger charge is 2.24. The maximum atomic E-state index is 12.1. The predicted molar refractivity (Wildman–Crippen MR) is 76.4 cm³/mol. The summed E-state index contributed by atoms with van der Waals surface area (Å²) < 4.78 is 0. The highest BCUT2D eigenvalue weighted by Crippen LogP contribution is 2.16. The van der Waals surface area contributed by atoms with Crippen LogP contribution in [0.3, 0.4) is 0 Å². The molecule has 1 aliphatic heterocycles. The molecular weight excluding hydrogens is 238 g/mol. The Bertz CT molecular complexity index is 267. The van der Waals surface area contributed by atoms with Crippen LogP contribution in [-0.2, 0) is 4.79 Å². The number of hydrogen-bond acceptors (Lipinski definition) is 1. The Morgan fingerprint density at radius 2 is 1.58 bits per heavy atom. The highest BCUT2D eigenvalue weighted by molar-refractivity contribution is 5.77. The summed E-state index contributed by atoms with van der Waals surface area (Å²) in [4.78, 5) is 15.3. The van der Waals surface area contributed by atoms with Crippen LogP contribution in [0.5, 0.6) is 0 Å². The molecule has 1 aliphatic carbocycles. The molecule has 0 radical (unpaired) electrons. The van der Waals surface area contributed by atoms with Crippen molar-refractivity contribution in [1.29, 1.82) is 0 Å². The molecule has 3 N–H and O–H groups in total. The average Bonchev–Trinajstić information content (AvgIpc) is 2.68. The Morgan fingerprint density at radius 3 is 2.16 bits per heavy atom. The van der Waals surface area contributed by atoms with Crippen LogP contribution < -0.4 is 15.1 Å². The second-order valence-electron chi connectivity index (χ2n) is 6.29. The van der Waals surface area contributed by atoms with E-state index >= 15 is 0 Å². The molecule has 0 aromatic heterocycles. The minimum atomic E-state index is 0.279. The van der Waals surface area contributed by atoms with Gasteiger partial charge < -0.3 is 15.1 Å². The van der Waals surface area contributed by atoms with E-state index in [4.69, 9.17) is 0 Å². The Morgan fingerprint density at radius 1 is 1.00 bits per heavy atom. The Balaban J connectivity index is 1.66. The summed E-state index contributed by atoms with van der Waals surface area (Å²) in [6, 6.07) is 0.456. The SMILES string of the molecule is CC[NH+]1CC[NH+](CC(=O)NC2CCCCCC2)CC1. The van der Waals surface area contributed by atoms with E-state index in [1.54, 1.807) is 4.90 Å². The first kappa shape index (κ1) is 14.8. The number of nitrogens with one attached hydrogen (secondary N) is 3. The van der Waals surface area contributed by atoms with E-state index in [0.717, 1.165) is 13.1 Å². The summed E-state index contributed by atoms with van der Waals surface area (Å²) in [5, 5.41) is 3.26. The number of piperazine rings is 1. The van der Waals surface area contributed by atoms with Crippen molar-refractivity contribution in [2.24, 2.45) is 0 Å². The van der Waals surface area contributed by atoms with Crippen molar-refractivity contribution in [2.75, 3.05) is 39.3 Å². The summed E-state index contributed by atoms with van der Waals surface area (Å²) in [5.41, 5.74) is 0. The fourth-order valence-corrected chi connectivity index (χ4v) is 3.42. The normalized spacial score (nSPS) is 29.7. The molecule has 2 aliphatic rings. The van der Waals surface area contributed by atoms with Crippen LogP contribution in [-0.4, -0.2) is 51.2 Å². The van der Waals surface area contributed by atoms with E-state index in [-0.39, 0.29) is 5.91 Å². The lowest BCUT2D eigenvalue weighted by molar-refractivity contribution is -1.01. The van der Waals surface area contributed by atoms with Gasteiger partial charge >= 0.3 is 0 Å². The van der Waals surface area contributed by atoms with Crippen molar-refractivity contribution in [1.82, 2.24) is 5.32 Å². The summed E-state index contributed by atoms with van der Waals surface area (Å²) in [7, 11) is 0. The molecule has 1 saturated heterocycles. The quantitative estimate of drug-likeness (QED) is 0.541. The van der Waals surface area contributed by atoms with E-state index < -0.39 is 0 Å². The van der Waals surface area contributed by atoms with Gasteiger partial charge in [0, 0.05) is 6.04 Å². The second-order valence-corrected chi connectivity index (χ2v) is 6.29. The molecule has 1 saturated carbocycles. The van der Waals surface area contributed by atoms with Gasteiger partial charge in [0.15, 0.2) is 6.54 Å². The van der Waals surface area contributed by atoms with Gasteiger partial charge in [0.2, 0.25) is 0 Å². The second kappa shape index (κ2) is 7.85. The maximum absolute atomic E-state index is 12.1. The first-order valence-electron chi connectivity index (χ1n) is 8.24. The van der Waals surface area contributed by atoms with Gasteiger partial charge in [-0.2, -0.15) is 0 Å². The van der Waals surface area contributed by atoms with E-state index in [1.807, 2.05) is 0 Å². The number of carbonyl (C=O) groups is 1. The Hall–Kier alpha value is -0.610. The van der Waals surface area contributed by atoms with Crippen LogP contribution >= 0.6 is 0 Å². The molecule has 1 heterocycles. The van der Waals surface area contributed by atoms with Crippen molar-refractivity contribution >= 4 is 5.91 Å². The van der Waals surface area contributed by atoms with E-state index in [9.17, 15) is 4.79 Å². The molecule has 4 heteroatoms. The molecule has 0 atom stereocenters. The number of hydrogen-bond donors (Lipinski definition) is 3. The molecule has 19 heavy (non-hydrogen) atoms. The Labute approximate surface area is 117 Å². The van der Waals surface area contributed by atoms with Gasteiger partial charge in [-0.05, 0) is 19.8 Å². The van der Waals surface area contributed by atoms with Crippen LogP contribution in [0.25, 0.3) is 0 Å². The largest absolute Gasteiger partial charge is 0.348 e. The van der Waals surface area contributed by atoms with Gasteiger partial charge in [0.25, 0.3) is 5.91 Å². The summed E-state index contributed by atoms with van der Waals surface area (Å²) in [6.45, 7) is 8.92. The first-order valence-corrected chi connectivity index (χ1v) is 8.24. The van der Waals surface area contributed by atoms with Crippen LogP contribution in [0.4, 0.5) is 0 Å². The molecule has 0 bridgehead atoms. The van der Waals surface area contributed by atoms with Crippen molar-refractivity contribution in [2.45, 2.75) is 51.5 Å². The summed E-state index contributed by atoms with van der Waals surface area (Å²) >= 11 is 0. The van der Waals surface area contributed by atoms with E-state index in [1.165, 1.54) is 63.1 Å². The minimum Gasteiger partial charge on any atom is -0.348 e. The molecule has 1 amide bonds. The third kappa shape index (κ3) is 5.11. The molecule has 2 fully saturated rings. The number of carbonyl (C=O) groups excluding carboxylic acids is 1. The fraction of sp³-hybridized carbons (Fsp3) is 0.933. The van der Waals surface area contributed by atoms with Crippen LogP contribution in [0.1, 0.15) is 45.4 Å². The molecule has 0 unspecified atom stereocenters. The zero-order valence-electron chi connectivity index (χ0n) is 12.5. The average molecular weight is 269 g/mol. The molecule has 4 nitrogen and oxygen atoms in total. The van der Waals surface area contributed by atoms with Crippen molar-refractivity contribution in [3.63, 3.8) is 0 Å². The smallest absolute Gasteiger partial charge is 0.275 e. The molecule has 2 rings (SSSR count). The topological polar surface area (TPSA) is 38.0 Å². The fourth-order valence-electron chi connectivity index (χ4n) is 3.42. The van der Waals surface area contributed by atoms with Crippen LogP contribution in [0.15, 0.2) is 0 Å². The summed E-state index contributed by atoms with van der Waals surface area (Å²) in [5.74, 6) is 0.279. The van der Waals surface area contributed by atoms with Gasteiger partial charge in [-0.25, -0.2) is 0 Å². The predicted octanol–water partition coefficient (Wildman–Crippen LogP) is -1.37. The third-order valence-corrected chi connectivity index (χ3v) is 4.80. The molecule has 0 aromatic carbocycles. The molecule has 0 aromatic rings. The lowest BCUT2D eigenvalue weighted by Crippen LogP contribution is -3.28. The molecule has 0 spiro atoms. The van der Waals surface area contributed by atoms with Gasteiger partial charge in [-0.1, -0.05) is 25.7 Å². The number of likely N-dealkylation sites (N-methyl/N-ethyl adjacent to an activating group) is 1. The lowest BCUT2D eigenvalue weighted by atomic mass is 10.1. The van der Waals surface area contributed by atoms with Crippen LogP contribution in [0.2, 0.25) is 0 Å². The van der Waals surface area contributed by atoms with Gasteiger partial charge in [-0.15, -0.1) is 0 Å². The van der Waals surface area contributed by atoms with Crippen LogP contribution in [0, 0.1) is 0 Å². The third-order valence-electron chi connectivity index (χ3n) is 4.80. The van der Waals surface area contributed by atoms with Crippen molar-refractivity contribution in [3.8, 4) is 0 Å². The van der Waals surface area contributed by atoms with Crippen molar-refractivity contribution < 1.29 is 14.6 Å². The number of quaternary nitrogens is 2. The van der Waals surface area contributed by atoms with Gasteiger partial charge in [0.1, 0.15) is 26.2 Å². The first-order chi connectivity index (χ1) is 9.28. The number of rotatable bonds is 4. The lowest BCUT2D eigenvalue weighted by Gasteiger charge is -2.29. The summed E-state index contributed by atoms with van der Waals surface area (Å²) in [6.07, 6.45) is 7.65. The van der Waals surface area contributed by atoms with E-state index in [2.05, 4.69) is 12.2 Å².